The molecular formula is C29H30F2N8O4. The second kappa shape index (κ2) is 9.73. The van der Waals surface area contributed by atoms with Gasteiger partial charge in [0.05, 0.1) is 37.5 Å². The van der Waals surface area contributed by atoms with Crippen LogP contribution in [0, 0.1) is 12.3 Å². The number of nitrogens with one attached hydrogen (secondary N) is 1. The Kier molecular flexibility index (Phi) is 6.16. The summed E-state index contributed by atoms with van der Waals surface area (Å²) in [6.45, 7) is 4.31. The fourth-order valence-electron chi connectivity index (χ4n) is 6.54. The van der Waals surface area contributed by atoms with Gasteiger partial charge in [-0.3, -0.25) is 9.69 Å². The Morgan fingerprint density at radius 1 is 1.14 bits per heavy atom. The summed E-state index contributed by atoms with van der Waals surface area (Å²) in [7, 11) is 1.35. The molecule has 14 heteroatoms. The first-order valence-corrected chi connectivity index (χ1v) is 14.0. The molecule has 2 amide bonds. The topological polar surface area (TPSA) is 130 Å². The second-order valence-electron chi connectivity index (χ2n) is 11.8. The maximum atomic E-state index is 13.5. The average Bonchev–Trinajstić information content (AvgIpc) is 3.58. The molecule has 0 bridgehead atoms. The second-order valence-corrected chi connectivity index (χ2v) is 11.8. The van der Waals surface area contributed by atoms with Crippen molar-refractivity contribution in [3.8, 4) is 11.4 Å². The molecule has 0 atom stereocenters. The average molecular weight is 593 g/mol. The molecule has 1 saturated carbocycles. The molecule has 2 fully saturated rings. The number of rotatable bonds is 5. The van der Waals surface area contributed by atoms with E-state index in [9.17, 15) is 23.5 Å². The molecule has 0 unspecified atom stereocenters. The van der Waals surface area contributed by atoms with Crippen LogP contribution >= 0.6 is 0 Å². The Morgan fingerprint density at radius 2 is 1.93 bits per heavy atom. The van der Waals surface area contributed by atoms with Gasteiger partial charge in [0.2, 0.25) is 0 Å². The highest BCUT2D eigenvalue weighted by atomic mass is 19.3. The van der Waals surface area contributed by atoms with E-state index >= 15 is 0 Å². The summed E-state index contributed by atoms with van der Waals surface area (Å²) in [6, 6.07) is 9.34. The number of hydrogen-bond acceptors (Lipinski definition) is 8. The molecule has 2 aliphatic heterocycles. The summed E-state index contributed by atoms with van der Waals surface area (Å²) in [6.07, 6.45) is 0.322. The minimum Gasteiger partial charge on any atom is -0.453 e. The normalized spacial score (nSPS) is 18.4. The van der Waals surface area contributed by atoms with Crippen LogP contribution in [0.3, 0.4) is 0 Å². The van der Waals surface area contributed by atoms with Crippen molar-refractivity contribution in [2.45, 2.75) is 44.9 Å². The maximum Gasteiger partial charge on any atom is 0.409 e. The van der Waals surface area contributed by atoms with Crippen molar-refractivity contribution in [1.29, 1.82) is 0 Å². The monoisotopic (exact) mass is 592 g/mol. The lowest BCUT2D eigenvalue weighted by atomic mass is 9.55. The Bertz CT molecular complexity index is 1750. The number of pyridine rings is 1. The van der Waals surface area contributed by atoms with Gasteiger partial charge < -0.3 is 20.1 Å². The van der Waals surface area contributed by atoms with E-state index in [4.69, 9.17) is 4.74 Å². The molecule has 1 spiro atoms. The van der Waals surface area contributed by atoms with Crippen LogP contribution in [0.25, 0.3) is 16.9 Å². The van der Waals surface area contributed by atoms with Crippen LogP contribution in [0.15, 0.2) is 42.7 Å². The maximum absolute atomic E-state index is 13.5. The zero-order valence-electron chi connectivity index (χ0n) is 23.6. The third kappa shape index (κ3) is 4.56. The lowest BCUT2D eigenvalue weighted by molar-refractivity contribution is -0.209. The van der Waals surface area contributed by atoms with Crippen LogP contribution < -0.4 is 10.2 Å². The number of hydrogen-bond donors (Lipinski definition) is 2. The van der Waals surface area contributed by atoms with Crippen molar-refractivity contribution >= 4 is 28.9 Å². The number of carbonyl (C=O) groups excluding carboxylic acids is 2. The third-order valence-electron chi connectivity index (χ3n) is 8.77. The van der Waals surface area contributed by atoms with Crippen molar-refractivity contribution in [2.24, 2.45) is 5.41 Å². The minimum absolute atomic E-state index is 0.0954. The van der Waals surface area contributed by atoms with Crippen molar-refractivity contribution in [2.75, 3.05) is 37.0 Å². The van der Waals surface area contributed by atoms with E-state index in [2.05, 4.69) is 25.4 Å². The van der Waals surface area contributed by atoms with Gasteiger partial charge in [-0.2, -0.15) is 10.2 Å². The predicted molar refractivity (Wildman–Crippen MR) is 151 cm³/mol. The van der Waals surface area contributed by atoms with Crippen LogP contribution in [0.1, 0.15) is 34.6 Å². The number of carbonyl (C=O) groups is 2. The number of anilines is 2. The molecular weight excluding hydrogens is 562 g/mol. The molecule has 3 aliphatic rings. The number of methoxy groups -OCH3 is 1. The molecule has 224 valence electrons. The molecule has 3 aromatic heterocycles. The molecule has 2 N–H and O–H groups in total. The smallest absolute Gasteiger partial charge is 0.409 e. The van der Waals surface area contributed by atoms with Gasteiger partial charge in [0.15, 0.2) is 5.82 Å². The molecule has 1 aromatic carbocycles. The SMILES string of the molecule is COC(=O)N1CCn2nc(-c3ccc(C)c(NC(=O)c4cnn5ccc(N6CC7(C6)CC(O)(C(F)F)C7)cc45)c3)nc2C1. The zero-order valence-corrected chi connectivity index (χ0v) is 23.6. The van der Waals surface area contributed by atoms with Gasteiger partial charge in [0.1, 0.15) is 11.4 Å². The van der Waals surface area contributed by atoms with Crippen molar-refractivity contribution in [3.05, 3.63) is 59.7 Å². The Labute approximate surface area is 244 Å². The molecule has 1 aliphatic carbocycles. The highest BCUT2D eigenvalue weighted by molar-refractivity contribution is 6.09. The van der Waals surface area contributed by atoms with Crippen LogP contribution in [0.4, 0.5) is 25.0 Å². The van der Waals surface area contributed by atoms with E-state index in [0.29, 0.717) is 61.1 Å². The summed E-state index contributed by atoms with van der Waals surface area (Å²) in [5.74, 6) is 0.804. The van der Waals surface area contributed by atoms with E-state index in [1.807, 2.05) is 37.3 Å². The van der Waals surface area contributed by atoms with Gasteiger partial charge in [-0.15, -0.1) is 0 Å². The highest BCUT2D eigenvalue weighted by Gasteiger charge is 2.63. The standard InChI is InChI=1S/C29H30F2N8O4/c1-17-3-4-18(24-34-23-12-36(27(41)43-2)7-8-39(23)35-24)9-21(17)33-25(40)20-11-32-38-6-5-19(10-22(20)38)37-15-28(16-37)13-29(42,14-28)26(30)31/h3-6,9-11,26,42H,7-8,12-16H2,1-2H3,(H,33,40). The number of halogens is 2. The number of alkyl halides is 2. The van der Waals surface area contributed by atoms with Gasteiger partial charge in [-0.25, -0.2) is 27.8 Å². The summed E-state index contributed by atoms with van der Waals surface area (Å²) >= 11 is 0. The fraction of sp³-hybridized carbons (Fsp3) is 0.414. The number of amides is 2. The van der Waals surface area contributed by atoms with Crippen LogP contribution in [-0.4, -0.2) is 85.2 Å². The lowest BCUT2D eigenvalue weighted by Gasteiger charge is -2.62. The van der Waals surface area contributed by atoms with Gasteiger partial charge >= 0.3 is 6.09 Å². The van der Waals surface area contributed by atoms with Crippen LogP contribution in [0.2, 0.25) is 0 Å². The lowest BCUT2D eigenvalue weighted by Crippen LogP contribution is -2.70. The Balaban J connectivity index is 1.08. The number of benzene rings is 1. The molecule has 0 radical (unpaired) electrons. The van der Waals surface area contributed by atoms with Crippen molar-refractivity contribution in [1.82, 2.24) is 29.3 Å². The van der Waals surface area contributed by atoms with E-state index in [-0.39, 0.29) is 24.2 Å². The molecule has 12 nitrogen and oxygen atoms in total. The number of aliphatic hydroxyl groups is 1. The number of ether oxygens (including phenoxy) is 1. The van der Waals surface area contributed by atoms with Gasteiger partial charge in [-0.1, -0.05) is 12.1 Å². The zero-order chi connectivity index (χ0) is 30.1. The van der Waals surface area contributed by atoms with E-state index < -0.39 is 18.1 Å². The Morgan fingerprint density at radius 3 is 2.67 bits per heavy atom. The molecule has 5 heterocycles. The predicted octanol–water partition coefficient (Wildman–Crippen LogP) is 3.33. The van der Waals surface area contributed by atoms with E-state index in [1.54, 1.807) is 20.3 Å². The molecule has 4 aromatic rings. The van der Waals surface area contributed by atoms with E-state index in [0.717, 1.165) is 16.8 Å². The third-order valence-corrected chi connectivity index (χ3v) is 8.77. The highest BCUT2D eigenvalue weighted by Crippen LogP contribution is 2.56. The molecule has 1 saturated heterocycles. The molecule has 7 rings (SSSR count). The van der Waals surface area contributed by atoms with Crippen LogP contribution in [-0.2, 0) is 17.8 Å². The number of nitrogens with zero attached hydrogens (tertiary/aromatic N) is 7. The Hall–Kier alpha value is -4.59. The fourth-order valence-corrected chi connectivity index (χ4v) is 6.54. The number of aromatic nitrogens is 5. The first kappa shape index (κ1) is 27.3. The summed E-state index contributed by atoms with van der Waals surface area (Å²) in [5, 5.41) is 21.9. The van der Waals surface area contributed by atoms with Crippen molar-refractivity contribution < 1.29 is 28.2 Å². The van der Waals surface area contributed by atoms with Gasteiger partial charge in [0.25, 0.3) is 12.3 Å². The quantitative estimate of drug-likeness (QED) is 0.361. The number of fused-ring (bicyclic) bond motifs is 2. The summed E-state index contributed by atoms with van der Waals surface area (Å²) < 4.78 is 34.4. The van der Waals surface area contributed by atoms with Gasteiger partial charge in [-0.05, 0) is 43.5 Å². The first-order valence-electron chi connectivity index (χ1n) is 14.0. The molecule has 43 heavy (non-hydrogen) atoms. The van der Waals surface area contributed by atoms with Gasteiger partial charge in [0, 0.05) is 48.2 Å². The number of aryl methyl sites for hydroxylation is 1. The van der Waals surface area contributed by atoms with Crippen LogP contribution in [0.5, 0.6) is 0 Å². The largest absolute Gasteiger partial charge is 0.453 e. The minimum atomic E-state index is -2.74. The summed E-state index contributed by atoms with van der Waals surface area (Å²) in [5.41, 5.74) is 1.87. The van der Waals surface area contributed by atoms with E-state index in [1.165, 1.54) is 13.3 Å². The summed E-state index contributed by atoms with van der Waals surface area (Å²) in [4.78, 5) is 33.7. The van der Waals surface area contributed by atoms with Crippen molar-refractivity contribution in [3.63, 3.8) is 0 Å². The first-order chi connectivity index (χ1) is 20.6.